The number of alkyl halides is 1. The lowest BCUT2D eigenvalue weighted by Gasteiger charge is -2.31. The number of hydrogen-bond donors (Lipinski definition) is 0. The first-order valence-corrected chi connectivity index (χ1v) is 7.75. The highest BCUT2D eigenvalue weighted by molar-refractivity contribution is 9.10. The SMILES string of the molecule is CCC(Br)C(=O)N1CCc2c(cnn2C(C)(C)C)C1. The Morgan fingerprint density at radius 1 is 1.53 bits per heavy atom. The molecule has 0 aromatic carbocycles. The lowest BCUT2D eigenvalue weighted by atomic mass is 10.0. The molecule has 0 N–H and O–H groups in total. The van der Waals surface area contributed by atoms with E-state index < -0.39 is 0 Å². The molecule has 1 atom stereocenters. The van der Waals surface area contributed by atoms with E-state index in [9.17, 15) is 4.79 Å². The number of amides is 1. The second-order valence-electron chi connectivity index (χ2n) is 6.08. The number of rotatable bonds is 2. The summed E-state index contributed by atoms with van der Waals surface area (Å²) in [7, 11) is 0. The van der Waals surface area contributed by atoms with Crippen molar-refractivity contribution in [3.8, 4) is 0 Å². The van der Waals surface area contributed by atoms with Crippen LogP contribution in [0.15, 0.2) is 6.20 Å². The van der Waals surface area contributed by atoms with Gasteiger partial charge in [-0.2, -0.15) is 5.10 Å². The summed E-state index contributed by atoms with van der Waals surface area (Å²) in [6.45, 7) is 9.96. The molecule has 0 bridgehead atoms. The minimum atomic E-state index is -0.0632. The fourth-order valence-corrected chi connectivity index (χ4v) is 2.76. The maximum atomic E-state index is 12.2. The molecule has 5 heteroatoms. The predicted octanol–water partition coefficient (Wildman–Crippen LogP) is 2.70. The molecule has 0 saturated heterocycles. The molecule has 1 aromatic heterocycles. The van der Waals surface area contributed by atoms with Gasteiger partial charge in [0.1, 0.15) is 0 Å². The number of fused-ring (bicyclic) bond motifs is 1. The fourth-order valence-electron chi connectivity index (χ4n) is 2.47. The van der Waals surface area contributed by atoms with E-state index in [-0.39, 0.29) is 16.3 Å². The van der Waals surface area contributed by atoms with E-state index in [2.05, 4.69) is 46.5 Å². The monoisotopic (exact) mass is 327 g/mol. The molecule has 0 aliphatic carbocycles. The third-order valence-corrected chi connectivity index (χ3v) is 4.55. The van der Waals surface area contributed by atoms with Crippen LogP contribution in [0.5, 0.6) is 0 Å². The number of hydrogen-bond acceptors (Lipinski definition) is 2. The summed E-state index contributed by atoms with van der Waals surface area (Å²) >= 11 is 3.44. The maximum Gasteiger partial charge on any atom is 0.236 e. The van der Waals surface area contributed by atoms with Crippen LogP contribution in [0.3, 0.4) is 0 Å². The van der Waals surface area contributed by atoms with Gasteiger partial charge < -0.3 is 4.90 Å². The summed E-state index contributed by atoms with van der Waals surface area (Å²) in [4.78, 5) is 14.1. The van der Waals surface area contributed by atoms with E-state index in [1.165, 1.54) is 11.3 Å². The zero-order chi connectivity index (χ0) is 14.2. The Hall–Kier alpha value is -0.840. The van der Waals surface area contributed by atoms with Crippen LogP contribution in [0.4, 0.5) is 0 Å². The quantitative estimate of drug-likeness (QED) is 0.783. The van der Waals surface area contributed by atoms with Gasteiger partial charge >= 0.3 is 0 Å². The first-order valence-electron chi connectivity index (χ1n) is 6.83. The van der Waals surface area contributed by atoms with E-state index >= 15 is 0 Å². The molecule has 1 aromatic rings. The number of aromatic nitrogens is 2. The fraction of sp³-hybridized carbons (Fsp3) is 0.714. The van der Waals surface area contributed by atoms with Gasteiger partial charge in [0.2, 0.25) is 5.91 Å². The Kier molecular flexibility index (Phi) is 4.04. The highest BCUT2D eigenvalue weighted by atomic mass is 79.9. The average molecular weight is 328 g/mol. The molecule has 4 nitrogen and oxygen atoms in total. The zero-order valence-corrected chi connectivity index (χ0v) is 13.7. The summed E-state index contributed by atoms with van der Waals surface area (Å²) in [6, 6.07) is 0. The Labute approximate surface area is 123 Å². The van der Waals surface area contributed by atoms with E-state index in [1.807, 2.05) is 18.0 Å². The first kappa shape index (κ1) is 14.6. The smallest absolute Gasteiger partial charge is 0.236 e. The van der Waals surface area contributed by atoms with Gasteiger partial charge in [-0.25, -0.2) is 0 Å². The van der Waals surface area contributed by atoms with Gasteiger partial charge in [-0.15, -0.1) is 0 Å². The lowest BCUT2D eigenvalue weighted by Crippen LogP contribution is -2.41. The molecule has 1 amide bonds. The average Bonchev–Trinajstić information content (AvgIpc) is 2.79. The second kappa shape index (κ2) is 5.27. The molecule has 1 unspecified atom stereocenters. The van der Waals surface area contributed by atoms with Gasteiger partial charge in [-0.1, -0.05) is 22.9 Å². The van der Waals surface area contributed by atoms with Gasteiger partial charge in [0.15, 0.2) is 0 Å². The van der Waals surface area contributed by atoms with Crippen molar-refractivity contribution in [2.75, 3.05) is 6.54 Å². The topological polar surface area (TPSA) is 38.1 Å². The van der Waals surface area contributed by atoms with Gasteiger partial charge in [-0.05, 0) is 27.2 Å². The molecule has 2 rings (SSSR count). The number of halogens is 1. The van der Waals surface area contributed by atoms with E-state index in [1.54, 1.807) is 0 Å². The van der Waals surface area contributed by atoms with Crippen molar-refractivity contribution in [1.82, 2.24) is 14.7 Å². The van der Waals surface area contributed by atoms with E-state index in [4.69, 9.17) is 0 Å². The van der Waals surface area contributed by atoms with Crippen LogP contribution in [-0.2, 0) is 23.3 Å². The second-order valence-corrected chi connectivity index (χ2v) is 7.19. The van der Waals surface area contributed by atoms with Crippen molar-refractivity contribution in [2.24, 2.45) is 0 Å². The molecule has 0 saturated carbocycles. The van der Waals surface area contributed by atoms with Crippen LogP contribution < -0.4 is 0 Å². The van der Waals surface area contributed by atoms with E-state index in [0.717, 1.165) is 19.4 Å². The molecule has 19 heavy (non-hydrogen) atoms. The Bertz CT molecular complexity index is 476. The summed E-state index contributed by atoms with van der Waals surface area (Å²) in [6.07, 6.45) is 3.63. The van der Waals surface area contributed by atoms with Gasteiger partial charge in [0, 0.05) is 30.8 Å². The standard InChI is InChI=1S/C14H22BrN3O/c1-5-11(15)13(19)17-7-6-12-10(9-17)8-16-18(12)14(2,3)4/h8,11H,5-7,9H2,1-4H3. The largest absolute Gasteiger partial charge is 0.337 e. The molecular formula is C14H22BrN3O. The van der Waals surface area contributed by atoms with Crippen LogP contribution in [0.1, 0.15) is 45.4 Å². The van der Waals surface area contributed by atoms with Crippen LogP contribution >= 0.6 is 15.9 Å². The maximum absolute atomic E-state index is 12.2. The van der Waals surface area contributed by atoms with Gasteiger partial charge in [0.25, 0.3) is 0 Å². The first-order chi connectivity index (χ1) is 8.84. The minimum Gasteiger partial charge on any atom is -0.337 e. The highest BCUT2D eigenvalue weighted by Crippen LogP contribution is 2.25. The number of carbonyl (C=O) groups is 1. The highest BCUT2D eigenvalue weighted by Gasteiger charge is 2.29. The molecule has 1 aliphatic rings. The number of nitrogens with zero attached hydrogens (tertiary/aromatic N) is 3. The molecule has 1 aliphatic heterocycles. The van der Waals surface area contributed by atoms with Crippen molar-refractivity contribution in [3.63, 3.8) is 0 Å². The van der Waals surface area contributed by atoms with Crippen molar-refractivity contribution in [2.45, 2.75) is 57.4 Å². The molecule has 0 spiro atoms. The summed E-state index contributed by atoms with van der Waals surface area (Å²) in [5.74, 6) is 0.191. The molecule has 0 fully saturated rings. The zero-order valence-electron chi connectivity index (χ0n) is 12.1. The molecular weight excluding hydrogens is 306 g/mol. The Balaban J connectivity index is 2.18. The van der Waals surface area contributed by atoms with Crippen molar-refractivity contribution in [1.29, 1.82) is 0 Å². The minimum absolute atomic E-state index is 0.00113. The predicted molar refractivity (Wildman–Crippen MR) is 79.4 cm³/mol. The van der Waals surface area contributed by atoms with Crippen LogP contribution in [0, 0.1) is 0 Å². The van der Waals surface area contributed by atoms with Crippen molar-refractivity contribution >= 4 is 21.8 Å². The van der Waals surface area contributed by atoms with Crippen LogP contribution in [-0.4, -0.2) is 32.0 Å². The van der Waals surface area contributed by atoms with Crippen LogP contribution in [0.2, 0.25) is 0 Å². The van der Waals surface area contributed by atoms with Gasteiger partial charge in [0.05, 0.1) is 16.6 Å². The van der Waals surface area contributed by atoms with E-state index in [0.29, 0.717) is 6.54 Å². The summed E-state index contributed by atoms with van der Waals surface area (Å²) in [5.41, 5.74) is 2.46. The van der Waals surface area contributed by atoms with Crippen LogP contribution in [0.25, 0.3) is 0 Å². The van der Waals surface area contributed by atoms with Gasteiger partial charge in [-0.3, -0.25) is 9.48 Å². The molecule has 0 radical (unpaired) electrons. The van der Waals surface area contributed by atoms with Crippen molar-refractivity contribution < 1.29 is 4.79 Å². The summed E-state index contributed by atoms with van der Waals surface area (Å²) in [5, 5.41) is 4.49. The number of carbonyl (C=O) groups excluding carboxylic acids is 1. The Morgan fingerprint density at radius 2 is 2.21 bits per heavy atom. The third-order valence-electron chi connectivity index (χ3n) is 3.51. The summed E-state index contributed by atoms with van der Waals surface area (Å²) < 4.78 is 2.09. The third kappa shape index (κ3) is 2.86. The lowest BCUT2D eigenvalue weighted by molar-refractivity contribution is -0.131. The van der Waals surface area contributed by atoms with Crippen molar-refractivity contribution in [3.05, 3.63) is 17.5 Å². The Morgan fingerprint density at radius 3 is 2.79 bits per heavy atom. The molecule has 106 valence electrons. The normalized spacial score (nSPS) is 17.2. The molecule has 2 heterocycles.